The van der Waals surface area contributed by atoms with Gasteiger partial charge in [0.2, 0.25) is 5.91 Å². The average Bonchev–Trinajstić information content (AvgIpc) is 3.13. The van der Waals surface area contributed by atoms with E-state index in [4.69, 9.17) is 16.3 Å². The van der Waals surface area contributed by atoms with Crippen LogP contribution in [0.4, 0.5) is 0 Å². The molecule has 1 aromatic carbocycles. The van der Waals surface area contributed by atoms with E-state index in [2.05, 4.69) is 10.3 Å². The highest BCUT2D eigenvalue weighted by atomic mass is 35.5. The van der Waals surface area contributed by atoms with Gasteiger partial charge in [-0.1, -0.05) is 11.6 Å². The fraction of sp³-hybridized carbons (Fsp3) is 0.435. The molecule has 2 aliphatic heterocycles. The Bertz CT molecular complexity index is 882. The third-order valence-corrected chi connectivity index (χ3v) is 6.55. The summed E-state index contributed by atoms with van der Waals surface area (Å²) in [4.78, 5) is 32.0. The Labute approximate surface area is 181 Å². The second-order valence-corrected chi connectivity index (χ2v) is 8.55. The lowest BCUT2D eigenvalue weighted by atomic mass is 9.71. The number of rotatable bonds is 5. The Morgan fingerprint density at radius 2 is 1.83 bits per heavy atom. The number of ether oxygens (including phenoxy) is 1. The first-order valence-electron chi connectivity index (χ1n) is 10.4. The number of pyridine rings is 1. The van der Waals surface area contributed by atoms with E-state index in [1.807, 2.05) is 17.0 Å². The first kappa shape index (κ1) is 20.8. The van der Waals surface area contributed by atoms with Gasteiger partial charge < -0.3 is 15.0 Å². The predicted octanol–water partition coefficient (Wildman–Crippen LogP) is 2.96. The zero-order valence-corrected chi connectivity index (χ0v) is 17.6. The van der Waals surface area contributed by atoms with Crippen molar-refractivity contribution in [2.24, 2.45) is 11.3 Å². The van der Waals surface area contributed by atoms with E-state index in [0.29, 0.717) is 43.4 Å². The number of amides is 2. The van der Waals surface area contributed by atoms with Gasteiger partial charge in [-0.2, -0.15) is 0 Å². The van der Waals surface area contributed by atoms with E-state index in [1.165, 1.54) is 0 Å². The highest BCUT2D eigenvalue weighted by molar-refractivity contribution is 6.30. The molecule has 1 aromatic heterocycles. The zero-order chi connectivity index (χ0) is 21.0. The van der Waals surface area contributed by atoms with Crippen molar-refractivity contribution in [1.82, 2.24) is 15.2 Å². The summed E-state index contributed by atoms with van der Waals surface area (Å²) in [6.07, 6.45) is 5.85. The number of carbonyl (C=O) groups excluding carboxylic acids is 2. The van der Waals surface area contributed by atoms with E-state index in [-0.39, 0.29) is 23.1 Å². The topological polar surface area (TPSA) is 71.5 Å². The van der Waals surface area contributed by atoms with Crippen LogP contribution in [-0.2, 0) is 16.0 Å². The van der Waals surface area contributed by atoms with Gasteiger partial charge in [0.05, 0.1) is 5.92 Å². The van der Waals surface area contributed by atoms with Crippen molar-refractivity contribution in [1.29, 1.82) is 0 Å². The molecule has 2 amide bonds. The summed E-state index contributed by atoms with van der Waals surface area (Å²) in [6, 6.07) is 10.8. The summed E-state index contributed by atoms with van der Waals surface area (Å²) in [6.45, 7) is 2.84. The first-order chi connectivity index (χ1) is 14.6. The summed E-state index contributed by atoms with van der Waals surface area (Å²) in [5, 5.41) is 3.69. The molecule has 0 aliphatic carbocycles. The zero-order valence-electron chi connectivity index (χ0n) is 16.9. The highest BCUT2D eigenvalue weighted by Gasteiger charge is 2.51. The smallest absolute Gasteiger partial charge is 0.253 e. The van der Waals surface area contributed by atoms with E-state index in [9.17, 15) is 9.59 Å². The van der Waals surface area contributed by atoms with Gasteiger partial charge in [-0.3, -0.25) is 14.6 Å². The van der Waals surface area contributed by atoms with Gasteiger partial charge in [-0.25, -0.2) is 0 Å². The summed E-state index contributed by atoms with van der Waals surface area (Å²) in [5.74, 6) is -0.253. The van der Waals surface area contributed by atoms with E-state index < -0.39 is 0 Å². The fourth-order valence-corrected chi connectivity index (χ4v) is 4.67. The van der Waals surface area contributed by atoms with E-state index >= 15 is 0 Å². The van der Waals surface area contributed by atoms with Crippen molar-refractivity contribution in [3.05, 3.63) is 64.9 Å². The van der Waals surface area contributed by atoms with Crippen LogP contribution in [0, 0.1) is 11.3 Å². The number of aromatic nitrogens is 1. The third-order valence-electron chi connectivity index (χ3n) is 6.29. The maximum absolute atomic E-state index is 13.1. The Morgan fingerprint density at radius 1 is 1.13 bits per heavy atom. The fourth-order valence-electron chi connectivity index (χ4n) is 4.55. The molecule has 0 saturated carbocycles. The predicted molar refractivity (Wildman–Crippen MR) is 114 cm³/mol. The molecule has 0 radical (unpaired) electrons. The van der Waals surface area contributed by atoms with Gasteiger partial charge in [0.25, 0.3) is 5.91 Å². The number of nitrogens with zero attached hydrogens (tertiary/aromatic N) is 2. The molecule has 1 N–H and O–H groups in total. The van der Waals surface area contributed by atoms with Crippen LogP contribution in [0.3, 0.4) is 0 Å². The molecule has 1 atom stereocenters. The van der Waals surface area contributed by atoms with Crippen molar-refractivity contribution >= 4 is 23.4 Å². The molecule has 7 heteroatoms. The van der Waals surface area contributed by atoms with Crippen LogP contribution < -0.4 is 5.32 Å². The molecule has 158 valence electrons. The van der Waals surface area contributed by atoms with Crippen molar-refractivity contribution in [2.75, 3.05) is 32.8 Å². The molecule has 0 bridgehead atoms. The van der Waals surface area contributed by atoms with E-state index in [0.717, 1.165) is 24.8 Å². The molecule has 6 nitrogen and oxygen atoms in total. The van der Waals surface area contributed by atoms with Crippen molar-refractivity contribution in [2.45, 2.75) is 19.3 Å². The molecular formula is C23H26ClN3O3. The molecular weight excluding hydrogens is 402 g/mol. The van der Waals surface area contributed by atoms with Crippen molar-refractivity contribution in [3.63, 3.8) is 0 Å². The highest BCUT2D eigenvalue weighted by Crippen LogP contribution is 2.44. The molecule has 2 fully saturated rings. The Balaban J connectivity index is 1.45. The Kier molecular flexibility index (Phi) is 6.35. The van der Waals surface area contributed by atoms with Gasteiger partial charge in [-0.05, 0) is 61.2 Å². The molecule has 2 aliphatic rings. The summed E-state index contributed by atoms with van der Waals surface area (Å²) in [5.41, 5.74) is 1.51. The number of halogens is 1. The lowest BCUT2D eigenvalue weighted by Crippen LogP contribution is -2.44. The van der Waals surface area contributed by atoms with Gasteiger partial charge >= 0.3 is 0 Å². The SMILES string of the molecule is O=C(NCCc1ccncc1)C1CN(C(=O)c2ccc(Cl)cc2)CC12CCOCC2. The first-order valence-corrected chi connectivity index (χ1v) is 10.7. The van der Waals surface area contributed by atoms with E-state index in [1.54, 1.807) is 36.7 Å². The Hall–Kier alpha value is -2.44. The molecule has 1 spiro atoms. The summed E-state index contributed by atoms with van der Waals surface area (Å²) < 4.78 is 5.56. The number of likely N-dealkylation sites (tertiary alicyclic amines) is 1. The van der Waals surface area contributed by atoms with Crippen LogP contribution in [0.15, 0.2) is 48.8 Å². The number of nitrogens with one attached hydrogen (secondary N) is 1. The van der Waals surface area contributed by atoms with Crippen molar-refractivity contribution < 1.29 is 14.3 Å². The number of benzene rings is 1. The maximum Gasteiger partial charge on any atom is 0.253 e. The Morgan fingerprint density at radius 3 is 2.53 bits per heavy atom. The summed E-state index contributed by atoms with van der Waals surface area (Å²) in [7, 11) is 0. The largest absolute Gasteiger partial charge is 0.381 e. The molecule has 4 rings (SSSR count). The minimum atomic E-state index is -0.227. The minimum absolute atomic E-state index is 0.0253. The number of hydrogen-bond donors (Lipinski definition) is 1. The molecule has 3 heterocycles. The lowest BCUT2D eigenvalue weighted by Gasteiger charge is -2.37. The molecule has 2 aromatic rings. The third kappa shape index (κ3) is 4.50. The second kappa shape index (κ2) is 9.14. The van der Waals surface area contributed by atoms with Gasteiger partial charge in [0.1, 0.15) is 0 Å². The van der Waals surface area contributed by atoms with Gasteiger partial charge in [0.15, 0.2) is 0 Å². The standard InChI is InChI=1S/C23H26ClN3O3/c24-19-3-1-18(2-4-19)22(29)27-15-20(23(16-27)8-13-30-14-9-23)21(28)26-12-7-17-5-10-25-11-6-17/h1-6,10-11,20H,7-9,12-16H2,(H,26,28). The summed E-state index contributed by atoms with van der Waals surface area (Å²) >= 11 is 5.95. The number of carbonyl (C=O) groups is 2. The minimum Gasteiger partial charge on any atom is -0.381 e. The van der Waals surface area contributed by atoms with Crippen LogP contribution in [0.2, 0.25) is 5.02 Å². The molecule has 30 heavy (non-hydrogen) atoms. The van der Waals surface area contributed by atoms with Crippen LogP contribution in [0.25, 0.3) is 0 Å². The van der Waals surface area contributed by atoms with Crippen LogP contribution in [0.5, 0.6) is 0 Å². The maximum atomic E-state index is 13.1. The van der Waals surface area contributed by atoms with Crippen LogP contribution in [0.1, 0.15) is 28.8 Å². The average molecular weight is 428 g/mol. The van der Waals surface area contributed by atoms with Crippen LogP contribution >= 0.6 is 11.6 Å². The second-order valence-electron chi connectivity index (χ2n) is 8.12. The van der Waals surface area contributed by atoms with Gasteiger partial charge in [-0.15, -0.1) is 0 Å². The molecule has 1 unspecified atom stereocenters. The number of hydrogen-bond acceptors (Lipinski definition) is 4. The quantitative estimate of drug-likeness (QED) is 0.796. The van der Waals surface area contributed by atoms with Gasteiger partial charge in [0, 0.05) is 61.2 Å². The lowest BCUT2D eigenvalue weighted by molar-refractivity contribution is -0.129. The molecule has 2 saturated heterocycles. The van der Waals surface area contributed by atoms with Crippen LogP contribution in [-0.4, -0.2) is 54.5 Å². The van der Waals surface area contributed by atoms with Crippen molar-refractivity contribution in [3.8, 4) is 0 Å². The normalized spacial score (nSPS) is 20.3. The monoisotopic (exact) mass is 427 g/mol.